The van der Waals surface area contributed by atoms with Crippen LogP contribution >= 0.6 is 0 Å². The molecule has 0 bridgehead atoms. The number of hydrogen-bond donors (Lipinski definition) is 1. The molecule has 0 saturated carbocycles. The highest BCUT2D eigenvalue weighted by Gasteiger charge is 2.23. The third-order valence-electron chi connectivity index (χ3n) is 4.10. The first-order chi connectivity index (χ1) is 9.69. The van der Waals surface area contributed by atoms with E-state index in [9.17, 15) is 0 Å². The molecule has 5 heteroatoms. The lowest BCUT2D eigenvalue weighted by atomic mass is 9.86. The van der Waals surface area contributed by atoms with Crippen LogP contribution < -0.4 is 5.32 Å². The number of rotatable bonds is 3. The zero-order valence-corrected chi connectivity index (χ0v) is 12.3. The standard InChI is InChI=1S/C15H21N5/c1-10-12-8-11(9-16-2)4-5-13(12)19-14(18-10)15-17-6-7-20(15)3/h6-7,11,16H,4-5,8-9H2,1-3H3. The van der Waals surface area contributed by atoms with Gasteiger partial charge in [-0.05, 0) is 51.3 Å². The van der Waals surface area contributed by atoms with Crippen LogP contribution in [0.3, 0.4) is 0 Å². The van der Waals surface area contributed by atoms with Gasteiger partial charge in [-0.15, -0.1) is 0 Å². The minimum absolute atomic E-state index is 0.703. The number of fused-ring (bicyclic) bond motifs is 1. The average Bonchev–Trinajstić information content (AvgIpc) is 2.86. The molecule has 1 N–H and O–H groups in total. The normalized spacial score (nSPS) is 18.1. The van der Waals surface area contributed by atoms with Gasteiger partial charge in [0.2, 0.25) is 0 Å². The Morgan fingerprint density at radius 2 is 2.25 bits per heavy atom. The number of hydrogen-bond acceptors (Lipinski definition) is 4. The second-order valence-electron chi connectivity index (χ2n) is 5.59. The van der Waals surface area contributed by atoms with Gasteiger partial charge in [0.05, 0.1) is 0 Å². The SMILES string of the molecule is CNCC1CCc2nc(-c3nccn3C)nc(C)c2C1. The van der Waals surface area contributed by atoms with Crippen LogP contribution in [0.15, 0.2) is 12.4 Å². The van der Waals surface area contributed by atoms with E-state index in [0.29, 0.717) is 5.92 Å². The number of aromatic nitrogens is 4. The fourth-order valence-electron chi connectivity index (χ4n) is 3.00. The molecule has 0 spiro atoms. The van der Waals surface area contributed by atoms with Crippen molar-refractivity contribution in [2.45, 2.75) is 26.2 Å². The maximum absolute atomic E-state index is 4.76. The summed E-state index contributed by atoms with van der Waals surface area (Å²) in [6.07, 6.45) is 7.04. The number of imidazole rings is 1. The summed E-state index contributed by atoms with van der Waals surface area (Å²) in [5.74, 6) is 2.29. The molecule has 20 heavy (non-hydrogen) atoms. The Morgan fingerprint density at radius 1 is 1.40 bits per heavy atom. The van der Waals surface area contributed by atoms with Crippen LogP contribution in [0.1, 0.15) is 23.4 Å². The van der Waals surface area contributed by atoms with Gasteiger partial charge in [-0.3, -0.25) is 0 Å². The molecule has 0 radical (unpaired) electrons. The van der Waals surface area contributed by atoms with Crippen molar-refractivity contribution >= 4 is 0 Å². The molecular formula is C15H21N5. The van der Waals surface area contributed by atoms with Crippen molar-refractivity contribution in [2.75, 3.05) is 13.6 Å². The predicted molar refractivity (Wildman–Crippen MR) is 78.4 cm³/mol. The first-order valence-corrected chi connectivity index (χ1v) is 7.17. The zero-order valence-electron chi connectivity index (χ0n) is 12.3. The lowest BCUT2D eigenvalue weighted by Gasteiger charge is -2.25. The van der Waals surface area contributed by atoms with Gasteiger partial charge in [0, 0.05) is 30.8 Å². The minimum Gasteiger partial charge on any atom is -0.331 e. The van der Waals surface area contributed by atoms with Crippen LogP contribution in [-0.4, -0.2) is 33.1 Å². The van der Waals surface area contributed by atoms with Crippen LogP contribution in [0, 0.1) is 12.8 Å². The van der Waals surface area contributed by atoms with E-state index in [1.54, 1.807) is 6.20 Å². The molecule has 0 aromatic carbocycles. The topological polar surface area (TPSA) is 55.6 Å². The summed E-state index contributed by atoms with van der Waals surface area (Å²) in [5.41, 5.74) is 3.66. The quantitative estimate of drug-likeness (QED) is 0.919. The summed E-state index contributed by atoms with van der Waals surface area (Å²) in [6, 6.07) is 0. The molecule has 1 atom stereocenters. The predicted octanol–water partition coefficient (Wildman–Crippen LogP) is 1.51. The summed E-state index contributed by atoms with van der Waals surface area (Å²) < 4.78 is 1.97. The van der Waals surface area contributed by atoms with Crippen molar-refractivity contribution in [2.24, 2.45) is 13.0 Å². The van der Waals surface area contributed by atoms with E-state index in [1.807, 2.05) is 24.9 Å². The Labute approximate surface area is 119 Å². The van der Waals surface area contributed by atoms with Gasteiger partial charge in [-0.1, -0.05) is 0 Å². The number of aryl methyl sites for hydroxylation is 3. The molecule has 106 valence electrons. The average molecular weight is 271 g/mol. The van der Waals surface area contributed by atoms with Gasteiger partial charge in [-0.25, -0.2) is 15.0 Å². The summed E-state index contributed by atoms with van der Waals surface area (Å²) in [7, 11) is 3.99. The van der Waals surface area contributed by atoms with E-state index in [1.165, 1.54) is 17.7 Å². The third-order valence-corrected chi connectivity index (χ3v) is 4.10. The Morgan fingerprint density at radius 3 is 2.95 bits per heavy atom. The molecular weight excluding hydrogens is 250 g/mol. The molecule has 0 fully saturated rings. The smallest absolute Gasteiger partial charge is 0.196 e. The molecule has 2 aromatic heterocycles. The fraction of sp³-hybridized carbons (Fsp3) is 0.533. The van der Waals surface area contributed by atoms with Crippen LogP contribution in [-0.2, 0) is 19.9 Å². The van der Waals surface area contributed by atoms with Gasteiger partial charge in [0.1, 0.15) is 0 Å². The summed E-state index contributed by atoms with van der Waals surface area (Å²) >= 11 is 0. The minimum atomic E-state index is 0.703. The maximum Gasteiger partial charge on any atom is 0.196 e. The Balaban J connectivity index is 1.96. The van der Waals surface area contributed by atoms with Gasteiger partial charge >= 0.3 is 0 Å². The first kappa shape index (κ1) is 13.2. The molecule has 0 saturated heterocycles. The third kappa shape index (κ3) is 2.33. The molecule has 5 nitrogen and oxygen atoms in total. The second-order valence-corrected chi connectivity index (χ2v) is 5.59. The van der Waals surface area contributed by atoms with Crippen LogP contribution in [0.4, 0.5) is 0 Å². The maximum atomic E-state index is 4.76. The van der Waals surface area contributed by atoms with E-state index in [4.69, 9.17) is 4.98 Å². The van der Waals surface area contributed by atoms with Crippen molar-refractivity contribution in [3.05, 3.63) is 29.3 Å². The Bertz CT molecular complexity index is 617. The molecule has 3 rings (SSSR count). The van der Waals surface area contributed by atoms with Crippen molar-refractivity contribution < 1.29 is 0 Å². The monoisotopic (exact) mass is 271 g/mol. The Hall–Kier alpha value is -1.75. The van der Waals surface area contributed by atoms with Crippen LogP contribution in [0.25, 0.3) is 11.6 Å². The van der Waals surface area contributed by atoms with E-state index in [-0.39, 0.29) is 0 Å². The van der Waals surface area contributed by atoms with E-state index in [2.05, 4.69) is 22.2 Å². The molecule has 2 heterocycles. The Kier molecular flexibility index (Phi) is 3.53. The van der Waals surface area contributed by atoms with E-state index in [0.717, 1.165) is 36.7 Å². The van der Waals surface area contributed by atoms with Crippen molar-refractivity contribution in [3.8, 4) is 11.6 Å². The lowest BCUT2D eigenvalue weighted by Crippen LogP contribution is -2.26. The largest absolute Gasteiger partial charge is 0.331 e. The zero-order chi connectivity index (χ0) is 14.1. The summed E-state index contributed by atoms with van der Waals surface area (Å²) in [6.45, 7) is 3.16. The van der Waals surface area contributed by atoms with E-state index >= 15 is 0 Å². The lowest BCUT2D eigenvalue weighted by molar-refractivity contribution is 0.433. The number of nitrogens with one attached hydrogen (secondary N) is 1. The highest BCUT2D eigenvalue weighted by atomic mass is 15.1. The van der Waals surface area contributed by atoms with Crippen molar-refractivity contribution in [3.63, 3.8) is 0 Å². The van der Waals surface area contributed by atoms with Crippen molar-refractivity contribution in [1.82, 2.24) is 24.8 Å². The molecule has 2 aromatic rings. The molecule has 0 amide bonds. The molecule has 1 unspecified atom stereocenters. The summed E-state index contributed by atoms with van der Waals surface area (Å²) in [5, 5.41) is 3.27. The van der Waals surface area contributed by atoms with Gasteiger partial charge in [0.15, 0.2) is 11.6 Å². The second kappa shape index (κ2) is 5.32. The summed E-state index contributed by atoms with van der Waals surface area (Å²) in [4.78, 5) is 13.8. The highest BCUT2D eigenvalue weighted by molar-refractivity contribution is 5.46. The van der Waals surface area contributed by atoms with E-state index < -0.39 is 0 Å². The first-order valence-electron chi connectivity index (χ1n) is 7.17. The molecule has 1 aliphatic rings. The highest BCUT2D eigenvalue weighted by Crippen LogP contribution is 2.27. The van der Waals surface area contributed by atoms with Crippen LogP contribution in [0.5, 0.6) is 0 Å². The molecule has 0 aliphatic heterocycles. The van der Waals surface area contributed by atoms with Crippen molar-refractivity contribution in [1.29, 1.82) is 0 Å². The van der Waals surface area contributed by atoms with Gasteiger partial charge in [0.25, 0.3) is 0 Å². The van der Waals surface area contributed by atoms with Gasteiger partial charge < -0.3 is 9.88 Å². The van der Waals surface area contributed by atoms with Crippen LogP contribution in [0.2, 0.25) is 0 Å². The number of nitrogens with zero attached hydrogens (tertiary/aromatic N) is 4. The molecule has 1 aliphatic carbocycles. The fourth-order valence-corrected chi connectivity index (χ4v) is 3.00. The van der Waals surface area contributed by atoms with Gasteiger partial charge in [-0.2, -0.15) is 0 Å².